The van der Waals surface area contributed by atoms with Crippen molar-refractivity contribution in [3.05, 3.63) is 0 Å². The maximum absolute atomic E-state index is 11.6. The minimum Gasteiger partial charge on any atom is -0.351 e. The molecule has 0 heterocycles. The summed E-state index contributed by atoms with van der Waals surface area (Å²) in [6.07, 6.45) is 1.62. The standard InChI is InChI=1S/C10H22N2O2S/c1-7(6-15(5)14)12-9(13)8(11)10(2,3)4/h7-8H,6,11H2,1-5H3,(H,12,13)/t7?,8-,15?/m0/s1. The number of rotatable bonds is 4. The fourth-order valence-corrected chi connectivity index (χ4v) is 1.91. The Kier molecular flexibility index (Phi) is 5.45. The molecular formula is C10H22N2O2S. The van der Waals surface area contributed by atoms with E-state index >= 15 is 0 Å². The van der Waals surface area contributed by atoms with E-state index in [4.69, 9.17) is 5.73 Å². The molecule has 0 rings (SSSR count). The fraction of sp³-hybridized carbons (Fsp3) is 0.900. The smallest absolute Gasteiger partial charge is 0.237 e. The van der Waals surface area contributed by atoms with Crippen molar-refractivity contribution < 1.29 is 9.00 Å². The Hall–Kier alpha value is -0.420. The molecule has 0 aromatic rings. The first-order chi connectivity index (χ1) is 6.64. The number of nitrogens with one attached hydrogen (secondary N) is 1. The average Bonchev–Trinajstić information content (AvgIpc) is 1.99. The van der Waals surface area contributed by atoms with Gasteiger partial charge in [0.15, 0.2) is 0 Å². The van der Waals surface area contributed by atoms with Crippen LogP contribution in [0.2, 0.25) is 0 Å². The molecule has 3 N–H and O–H groups in total. The molecule has 0 aromatic carbocycles. The fourth-order valence-electron chi connectivity index (χ4n) is 1.12. The molecule has 4 nitrogen and oxygen atoms in total. The number of hydrogen-bond acceptors (Lipinski definition) is 3. The van der Waals surface area contributed by atoms with E-state index in [9.17, 15) is 9.00 Å². The molecular weight excluding hydrogens is 212 g/mol. The number of nitrogens with two attached hydrogens (primary N) is 1. The summed E-state index contributed by atoms with van der Waals surface area (Å²) in [6, 6.07) is -0.637. The quantitative estimate of drug-likeness (QED) is 0.732. The predicted molar refractivity (Wildman–Crippen MR) is 64.0 cm³/mol. The highest BCUT2D eigenvalue weighted by atomic mass is 32.2. The second kappa shape index (κ2) is 5.61. The zero-order valence-corrected chi connectivity index (χ0v) is 11.0. The van der Waals surface area contributed by atoms with Crippen LogP contribution in [0.15, 0.2) is 0 Å². The molecule has 0 spiro atoms. The largest absolute Gasteiger partial charge is 0.351 e. The summed E-state index contributed by atoms with van der Waals surface area (Å²) >= 11 is 0. The first kappa shape index (κ1) is 14.6. The highest BCUT2D eigenvalue weighted by molar-refractivity contribution is 7.84. The highest BCUT2D eigenvalue weighted by Gasteiger charge is 2.28. The van der Waals surface area contributed by atoms with Crippen molar-refractivity contribution >= 4 is 16.7 Å². The van der Waals surface area contributed by atoms with Gasteiger partial charge in [0.1, 0.15) is 0 Å². The van der Waals surface area contributed by atoms with E-state index < -0.39 is 16.8 Å². The monoisotopic (exact) mass is 234 g/mol. The molecule has 15 heavy (non-hydrogen) atoms. The Labute approximate surface area is 94.4 Å². The van der Waals surface area contributed by atoms with Crippen molar-refractivity contribution in [2.75, 3.05) is 12.0 Å². The van der Waals surface area contributed by atoms with Gasteiger partial charge >= 0.3 is 0 Å². The van der Waals surface area contributed by atoms with E-state index in [-0.39, 0.29) is 17.4 Å². The van der Waals surface area contributed by atoms with E-state index in [1.807, 2.05) is 27.7 Å². The molecule has 0 fully saturated rings. The number of amides is 1. The maximum atomic E-state index is 11.6. The number of carbonyl (C=O) groups is 1. The van der Waals surface area contributed by atoms with E-state index in [1.165, 1.54) is 0 Å². The van der Waals surface area contributed by atoms with Crippen molar-refractivity contribution in [1.82, 2.24) is 5.32 Å². The van der Waals surface area contributed by atoms with Crippen LogP contribution in [0.1, 0.15) is 27.7 Å². The number of carbonyl (C=O) groups excluding carboxylic acids is 1. The van der Waals surface area contributed by atoms with Crippen LogP contribution in [0.4, 0.5) is 0 Å². The lowest BCUT2D eigenvalue weighted by Gasteiger charge is -2.27. The van der Waals surface area contributed by atoms with E-state index in [0.717, 1.165) is 0 Å². The lowest BCUT2D eigenvalue weighted by molar-refractivity contribution is -0.124. The summed E-state index contributed by atoms with van der Waals surface area (Å²) in [5.41, 5.74) is 5.53. The minimum absolute atomic E-state index is 0.100. The minimum atomic E-state index is -0.902. The lowest BCUT2D eigenvalue weighted by atomic mass is 9.87. The van der Waals surface area contributed by atoms with Crippen LogP contribution in [0, 0.1) is 5.41 Å². The van der Waals surface area contributed by atoms with Gasteiger partial charge in [-0.05, 0) is 12.3 Å². The summed E-state index contributed by atoms with van der Waals surface area (Å²) in [6.45, 7) is 7.58. The van der Waals surface area contributed by atoms with Crippen LogP contribution in [0.3, 0.4) is 0 Å². The van der Waals surface area contributed by atoms with Crippen molar-refractivity contribution in [1.29, 1.82) is 0 Å². The maximum Gasteiger partial charge on any atom is 0.237 e. The van der Waals surface area contributed by atoms with Crippen LogP contribution in [0.25, 0.3) is 0 Å². The van der Waals surface area contributed by atoms with Gasteiger partial charge in [-0.3, -0.25) is 9.00 Å². The third-order valence-electron chi connectivity index (χ3n) is 2.09. The van der Waals surface area contributed by atoms with Gasteiger partial charge < -0.3 is 11.1 Å². The molecule has 0 aliphatic carbocycles. The molecule has 0 aromatic heterocycles. The van der Waals surface area contributed by atoms with Gasteiger partial charge in [-0.25, -0.2) is 0 Å². The average molecular weight is 234 g/mol. The molecule has 0 radical (unpaired) electrons. The third-order valence-corrected chi connectivity index (χ3v) is 3.06. The Morgan fingerprint density at radius 1 is 1.47 bits per heavy atom. The molecule has 1 amide bonds. The van der Waals surface area contributed by atoms with Crippen molar-refractivity contribution in [2.24, 2.45) is 11.1 Å². The van der Waals surface area contributed by atoms with Gasteiger partial charge in [-0.1, -0.05) is 20.8 Å². The summed E-state index contributed by atoms with van der Waals surface area (Å²) < 4.78 is 10.9. The zero-order valence-electron chi connectivity index (χ0n) is 10.2. The summed E-state index contributed by atoms with van der Waals surface area (Å²) in [5, 5.41) is 2.76. The molecule has 5 heteroatoms. The molecule has 3 atom stereocenters. The third kappa shape index (κ3) is 5.89. The summed E-state index contributed by atoms with van der Waals surface area (Å²) in [4.78, 5) is 11.6. The molecule has 0 aliphatic heterocycles. The van der Waals surface area contributed by atoms with Gasteiger partial charge in [0.25, 0.3) is 0 Å². The van der Waals surface area contributed by atoms with Crippen molar-refractivity contribution in [3.8, 4) is 0 Å². The van der Waals surface area contributed by atoms with Crippen LogP contribution in [-0.2, 0) is 15.6 Å². The Morgan fingerprint density at radius 3 is 2.27 bits per heavy atom. The molecule has 90 valence electrons. The van der Waals surface area contributed by atoms with Crippen LogP contribution in [-0.4, -0.2) is 34.2 Å². The highest BCUT2D eigenvalue weighted by Crippen LogP contribution is 2.17. The molecule has 0 aliphatic rings. The van der Waals surface area contributed by atoms with Crippen LogP contribution < -0.4 is 11.1 Å². The van der Waals surface area contributed by atoms with E-state index in [2.05, 4.69) is 5.32 Å². The normalized spacial score (nSPS) is 18.0. The van der Waals surface area contributed by atoms with Gasteiger partial charge in [0.05, 0.1) is 6.04 Å². The first-order valence-corrected chi connectivity index (χ1v) is 6.73. The Morgan fingerprint density at radius 2 is 1.93 bits per heavy atom. The number of hydrogen-bond donors (Lipinski definition) is 2. The van der Waals surface area contributed by atoms with Crippen molar-refractivity contribution in [3.63, 3.8) is 0 Å². The van der Waals surface area contributed by atoms with E-state index in [0.29, 0.717) is 5.75 Å². The molecule has 0 saturated carbocycles. The first-order valence-electron chi connectivity index (χ1n) is 5.00. The van der Waals surface area contributed by atoms with Gasteiger partial charge in [-0.2, -0.15) is 0 Å². The Bertz CT molecular complexity index is 248. The molecule has 2 unspecified atom stereocenters. The van der Waals surface area contributed by atoms with Gasteiger partial charge in [0.2, 0.25) is 5.91 Å². The van der Waals surface area contributed by atoms with Gasteiger partial charge in [-0.15, -0.1) is 0 Å². The SMILES string of the molecule is CC(CS(C)=O)NC(=O)[C@H](N)C(C)(C)C. The van der Waals surface area contributed by atoms with Crippen LogP contribution >= 0.6 is 0 Å². The molecule has 0 saturated heterocycles. The van der Waals surface area contributed by atoms with Crippen molar-refractivity contribution in [2.45, 2.75) is 39.8 Å². The Balaban J connectivity index is 4.19. The molecule has 0 bridgehead atoms. The van der Waals surface area contributed by atoms with Gasteiger partial charge in [0, 0.05) is 28.9 Å². The zero-order chi connectivity index (χ0) is 12.2. The topological polar surface area (TPSA) is 72.2 Å². The summed E-state index contributed by atoms with van der Waals surface area (Å²) in [7, 11) is -0.902. The second-order valence-corrected chi connectivity index (χ2v) is 6.47. The van der Waals surface area contributed by atoms with E-state index in [1.54, 1.807) is 6.26 Å². The summed E-state index contributed by atoms with van der Waals surface area (Å²) in [5.74, 6) is 0.281. The predicted octanol–water partition coefficient (Wildman–Crippen LogP) is 0.243. The van der Waals surface area contributed by atoms with Crippen LogP contribution in [0.5, 0.6) is 0 Å². The lowest BCUT2D eigenvalue weighted by Crippen LogP contribution is -2.51. The second-order valence-electron chi connectivity index (χ2n) is 4.99.